The van der Waals surface area contributed by atoms with Crippen molar-refractivity contribution in [2.75, 3.05) is 20.7 Å². The van der Waals surface area contributed by atoms with E-state index in [4.69, 9.17) is 4.74 Å². The van der Waals surface area contributed by atoms with E-state index in [1.54, 1.807) is 17.7 Å². The molecule has 0 aliphatic heterocycles. The zero-order chi connectivity index (χ0) is 18.1. The summed E-state index contributed by atoms with van der Waals surface area (Å²) >= 11 is 1.80. The summed E-state index contributed by atoms with van der Waals surface area (Å²) in [5, 5.41) is 10.5. The number of rotatable bonds is 5. The Hall–Kier alpha value is -1.24. The quantitative estimate of drug-likeness (QED) is 0.868. The lowest BCUT2D eigenvalue weighted by Crippen LogP contribution is -2.35. The Balaban J connectivity index is 1.56. The van der Waals surface area contributed by atoms with Crippen molar-refractivity contribution in [2.45, 2.75) is 63.5 Å². The molecule has 2 aromatic heterocycles. The van der Waals surface area contributed by atoms with Crippen LogP contribution in [0.15, 0.2) is 6.33 Å². The van der Waals surface area contributed by atoms with Crippen LogP contribution in [0.3, 0.4) is 0 Å². The molecule has 0 amide bonds. The number of fused-ring (bicyclic) bond motifs is 3. The molecule has 142 valence electrons. The fourth-order valence-electron chi connectivity index (χ4n) is 4.51. The third-order valence-corrected chi connectivity index (χ3v) is 7.30. The fraction of sp³-hybridized carbons (Fsp3) is 0.700. The van der Waals surface area contributed by atoms with E-state index in [2.05, 4.69) is 29.0 Å². The van der Waals surface area contributed by atoms with Gasteiger partial charge in [0.1, 0.15) is 17.3 Å². The van der Waals surface area contributed by atoms with E-state index in [1.807, 2.05) is 0 Å². The number of aryl methyl sites for hydroxylation is 1. The number of ether oxygens (including phenoxy) is 1. The van der Waals surface area contributed by atoms with E-state index in [0.29, 0.717) is 12.0 Å². The van der Waals surface area contributed by atoms with Crippen molar-refractivity contribution in [3.05, 3.63) is 16.8 Å². The molecule has 2 heterocycles. The SMILES string of the molecule is CN(C)C1CCC(Oc2ncnc3sc4c(c23)CC(CCO)CC4)CC1. The van der Waals surface area contributed by atoms with Crippen molar-refractivity contribution < 1.29 is 9.84 Å². The summed E-state index contributed by atoms with van der Waals surface area (Å²) in [6.07, 6.45) is 10.6. The van der Waals surface area contributed by atoms with E-state index in [-0.39, 0.29) is 12.7 Å². The molecule has 1 atom stereocenters. The van der Waals surface area contributed by atoms with Gasteiger partial charge in [0.05, 0.1) is 5.39 Å². The molecule has 0 saturated heterocycles. The average molecular weight is 376 g/mol. The summed E-state index contributed by atoms with van der Waals surface area (Å²) in [4.78, 5) is 13.9. The molecule has 2 aliphatic rings. The normalized spacial score (nSPS) is 26.2. The van der Waals surface area contributed by atoms with Crippen molar-refractivity contribution in [1.29, 1.82) is 0 Å². The van der Waals surface area contributed by atoms with Crippen LogP contribution in [-0.2, 0) is 12.8 Å². The summed E-state index contributed by atoms with van der Waals surface area (Å²) in [6.45, 7) is 0.275. The summed E-state index contributed by atoms with van der Waals surface area (Å²) < 4.78 is 6.40. The molecule has 1 unspecified atom stereocenters. The second-order valence-corrected chi connectivity index (χ2v) is 9.08. The summed E-state index contributed by atoms with van der Waals surface area (Å²) in [6, 6.07) is 0.674. The van der Waals surface area contributed by atoms with Gasteiger partial charge in [-0.2, -0.15) is 0 Å². The average Bonchev–Trinajstić information content (AvgIpc) is 3.01. The Morgan fingerprint density at radius 1 is 1.19 bits per heavy atom. The lowest BCUT2D eigenvalue weighted by atomic mass is 9.85. The Labute approximate surface area is 159 Å². The maximum absolute atomic E-state index is 9.31. The Morgan fingerprint density at radius 3 is 2.73 bits per heavy atom. The first kappa shape index (κ1) is 18.1. The van der Waals surface area contributed by atoms with E-state index >= 15 is 0 Å². The lowest BCUT2D eigenvalue weighted by Gasteiger charge is -2.32. The first-order chi connectivity index (χ1) is 12.7. The van der Waals surface area contributed by atoms with E-state index in [0.717, 1.165) is 48.2 Å². The third-order valence-electron chi connectivity index (χ3n) is 6.10. The van der Waals surface area contributed by atoms with Crippen LogP contribution in [-0.4, -0.2) is 52.8 Å². The van der Waals surface area contributed by atoms with Gasteiger partial charge in [-0.05, 0) is 76.9 Å². The van der Waals surface area contributed by atoms with Gasteiger partial charge in [-0.3, -0.25) is 0 Å². The van der Waals surface area contributed by atoms with Crippen LogP contribution < -0.4 is 4.74 Å². The van der Waals surface area contributed by atoms with Crippen molar-refractivity contribution in [3.8, 4) is 5.88 Å². The number of thiophene rings is 1. The number of aromatic nitrogens is 2. The molecule has 0 radical (unpaired) electrons. The van der Waals surface area contributed by atoms with Crippen molar-refractivity contribution >= 4 is 21.6 Å². The molecule has 0 aromatic carbocycles. The van der Waals surface area contributed by atoms with Crippen molar-refractivity contribution in [1.82, 2.24) is 14.9 Å². The van der Waals surface area contributed by atoms with E-state index in [1.165, 1.54) is 29.7 Å². The standard InChI is InChI=1S/C20H29N3O2S/c1-23(2)14-4-6-15(7-5-14)25-19-18-16-11-13(9-10-24)3-8-17(16)26-20(18)22-12-21-19/h12-15,24H,3-11H2,1-2H3. The molecule has 4 rings (SSSR count). The van der Waals surface area contributed by atoms with Crippen LogP contribution in [0.25, 0.3) is 10.2 Å². The largest absolute Gasteiger partial charge is 0.474 e. The predicted molar refractivity (Wildman–Crippen MR) is 105 cm³/mol. The maximum Gasteiger partial charge on any atom is 0.225 e. The minimum atomic E-state index is 0.261. The van der Waals surface area contributed by atoms with Gasteiger partial charge in [0.25, 0.3) is 0 Å². The van der Waals surface area contributed by atoms with Gasteiger partial charge in [0, 0.05) is 17.5 Å². The van der Waals surface area contributed by atoms with E-state index < -0.39 is 0 Å². The molecule has 0 bridgehead atoms. The maximum atomic E-state index is 9.31. The zero-order valence-corrected chi connectivity index (χ0v) is 16.6. The highest BCUT2D eigenvalue weighted by atomic mass is 32.1. The van der Waals surface area contributed by atoms with Crippen LogP contribution in [0.5, 0.6) is 5.88 Å². The number of hydrogen-bond donors (Lipinski definition) is 1. The molecule has 5 nitrogen and oxygen atoms in total. The minimum absolute atomic E-state index is 0.261. The third kappa shape index (κ3) is 3.59. The van der Waals surface area contributed by atoms with Crippen LogP contribution in [0.1, 0.15) is 49.0 Å². The minimum Gasteiger partial charge on any atom is -0.474 e. The molecule has 26 heavy (non-hydrogen) atoms. The molecule has 2 aliphatic carbocycles. The fourth-order valence-corrected chi connectivity index (χ4v) is 5.68. The Bertz CT molecular complexity index is 753. The molecule has 1 saturated carbocycles. The van der Waals surface area contributed by atoms with Gasteiger partial charge in [0.15, 0.2) is 0 Å². The molecule has 2 aromatic rings. The van der Waals surface area contributed by atoms with E-state index in [9.17, 15) is 5.11 Å². The molecule has 1 fully saturated rings. The smallest absolute Gasteiger partial charge is 0.225 e. The van der Waals surface area contributed by atoms with Crippen LogP contribution in [0.4, 0.5) is 0 Å². The molecular formula is C20H29N3O2S. The van der Waals surface area contributed by atoms with Gasteiger partial charge in [-0.1, -0.05) is 0 Å². The van der Waals surface area contributed by atoms with Crippen molar-refractivity contribution in [2.24, 2.45) is 5.92 Å². The second-order valence-electron chi connectivity index (χ2n) is 8.00. The van der Waals surface area contributed by atoms with Gasteiger partial charge in [-0.25, -0.2) is 9.97 Å². The highest BCUT2D eigenvalue weighted by Crippen LogP contribution is 2.41. The summed E-state index contributed by atoms with van der Waals surface area (Å²) in [7, 11) is 4.33. The van der Waals surface area contributed by atoms with Crippen LogP contribution >= 0.6 is 11.3 Å². The number of nitrogens with zero attached hydrogens (tertiary/aromatic N) is 3. The van der Waals surface area contributed by atoms with Crippen molar-refractivity contribution in [3.63, 3.8) is 0 Å². The second kappa shape index (κ2) is 7.79. The van der Waals surface area contributed by atoms with Gasteiger partial charge in [-0.15, -0.1) is 11.3 Å². The zero-order valence-electron chi connectivity index (χ0n) is 15.8. The first-order valence-corrected chi connectivity index (χ1v) is 10.7. The molecule has 0 spiro atoms. The number of aliphatic hydroxyl groups excluding tert-OH is 1. The molecular weight excluding hydrogens is 346 g/mol. The van der Waals surface area contributed by atoms with Gasteiger partial charge < -0.3 is 14.7 Å². The summed E-state index contributed by atoms with van der Waals surface area (Å²) in [5.74, 6) is 1.35. The van der Waals surface area contributed by atoms with Crippen LogP contribution in [0, 0.1) is 5.92 Å². The summed E-state index contributed by atoms with van der Waals surface area (Å²) in [5.41, 5.74) is 1.38. The Kier molecular flexibility index (Phi) is 5.43. The predicted octanol–water partition coefficient (Wildman–Crippen LogP) is 3.43. The molecule has 1 N–H and O–H groups in total. The number of hydrogen-bond acceptors (Lipinski definition) is 6. The molecule has 6 heteroatoms. The Morgan fingerprint density at radius 2 is 2.00 bits per heavy atom. The lowest BCUT2D eigenvalue weighted by molar-refractivity contribution is 0.108. The van der Waals surface area contributed by atoms with Gasteiger partial charge in [0.2, 0.25) is 5.88 Å². The van der Waals surface area contributed by atoms with Crippen LogP contribution in [0.2, 0.25) is 0 Å². The number of aliphatic hydroxyl groups is 1. The van der Waals surface area contributed by atoms with Gasteiger partial charge >= 0.3 is 0 Å². The topological polar surface area (TPSA) is 58.5 Å². The highest BCUT2D eigenvalue weighted by molar-refractivity contribution is 7.18. The first-order valence-electron chi connectivity index (χ1n) is 9.85. The monoisotopic (exact) mass is 375 g/mol. The highest BCUT2D eigenvalue weighted by Gasteiger charge is 2.28.